The lowest BCUT2D eigenvalue weighted by molar-refractivity contribution is 0.435. The molecule has 0 unspecified atom stereocenters. The van der Waals surface area contributed by atoms with E-state index in [1.807, 2.05) is 13.0 Å². The van der Waals surface area contributed by atoms with E-state index in [1.165, 1.54) is 0 Å². The Morgan fingerprint density at radius 1 is 1.38 bits per heavy atom. The Kier molecular flexibility index (Phi) is 5.36. The zero-order chi connectivity index (χ0) is 10.3. The molecule has 0 spiro atoms. The molecule has 0 N–H and O–H groups in total. The summed E-state index contributed by atoms with van der Waals surface area (Å²) >= 11 is 0. The SMILES string of the molecule is C=CN=C(/C=C\C)C(C)(CC)CC. The standard InChI is InChI=1S/C12H21N/c1-6-10-11(13-9-4)12(5,7-2)8-3/h6,9-10H,4,7-8H2,1-3,5H3/b10-6-,13-11?. The lowest BCUT2D eigenvalue weighted by atomic mass is 9.79. The highest BCUT2D eigenvalue weighted by Crippen LogP contribution is 2.28. The highest BCUT2D eigenvalue weighted by atomic mass is 14.7. The van der Waals surface area contributed by atoms with Crippen molar-refractivity contribution in [3.8, 4) is 0 Å². The number of aliphatic imine (C=N–C) groups is 1. The molecule has 0 radical (unpaired) electrons. The highest BCUT2D eigenvalue weighted by molar-refractivity contribution is 5.99. The summed E-state index contributed by atoms with van der Waals surface area (Å²) < 4.78 is 0. The summed E-state index contributed by atoms with van der Waals surface area (Å²) in [5, 5.41) is 0. The van der Waals surface area contributed by atoms with Gasteiger partial charge in [-0.3, -0.25) is 4.99 Å². The van der Waals surface area contributed by atoms with Gasteiger partial charge in [0.1, 0.15) is 0 Å². The molecule has 0 aromatic heterocycles. The lowest BCUT2D eigenvalue weighted by Gasteiger charge is -2.26. The third-order valence-corrected chi connectivity index (χ3v) is 2.73. The van der Waals surface area contributed by atoms with Crippen molar-refractivity contribution in [3.63, 3.8) is 0 Å². The van der Waals surface area contributed by atoms with Crippen LogP contribution in [0.1, 0.15) is 40.5 Å². The first-order valence-electron chi connectivity index (χ1n) is 4.96. The molecule has 0 aliphatic carbocycles. The molecule has 0 fully saturated rings. The van der Waals surface area contributed by atoms with Crippen molar-refractivity contribution < 1.29 is 0 Å². The third-order valence-electron chi connectivity index (χ3n) is 2.73. The van der Waals surface area contributed by atoms with E-state index in [2.05, 4.69) is 38.4 Å². The molecule has 74 valence electrons. The van der Waals surface area contributed by atoms with Crippen LogP contribution in [0.5, 0.6) is 0 Å². The number of allylic oxidation sites excluding steroid dienone is 2. The van der Waals surface area contributed by atoms with E-state index in [9.17, 15) is 0 Å². The zero-order valence-electron chi connectivity index (χ0n) is 9.30. The average molecular weight is 179 g/mol. The molecule has 0 atom stereocenters. The van der Waals surface area contributed by atoms with Gasteiger partial charge in [0.25, 0.3) is 0 Å². The van der Waals surface area contributed by atoms with Gasteiger partial charge in [0.15, 0.2) is 0 Å². The van der Waals surface area contributed by atoms with Crippen LogP contribution in [0.25, 0.3) is 0 Å². The van der Waals surface area contributed by atoms with Crippen molar-refractivity contribution >= 4 is 5.71 Å². The second kappa shape index (κ2) is 5.74. The summed E-state index contributed by atoms with van der Waals surface area (Å²) in [4.78, 5) is 4.32. The number of nitrogens with zero attached hydrogens (tertiary/aromatic N) is 1. The highest BCUT2D eigenvalue weighted by Gasteiger charge is 2.24. The maximum Gasteiger partial charge on any atom is 0.0458 e. The van der Waals surface area contributed by atoms with E-state index in [0.29, 0.717) is 0 Å². The van der Waals surface area contributed by atoms with Gasteiger partial charge in [0.2, 0.25) is 0 Å². The second-order valence-electron chi connectivity index (χ2n) is 3.46. The first-order chi connectivity index (χ1) is 6.14. The second-order valence-corrected chi connectivity index (χ2v) is 3.46. The minimum absolute atomic E-state index is 0.195. The molecule has 0 saturated carbocycles. The minimum atomic E-state index is 0.195. The molecule has 0 saturated heterocycles. The Bertz CT molecular complexity index is 207. The molecule has 0 heterocycles. The molecule has 1 nitrogen and oxygen atoms in total. The Morgan fingerprint density at radius 3 is 2.23 bits per heavy atom. The molecule has 0 bridgehead atoms. The predicted molar refractivity (Wildman–Crippen MR) is 61.1 cm³/mol. The van der Waals surface area contributed by atoms with Crippen LogP contribution in [0.3, 0.4) is 0 Å². The summed E-state index contributed by atoms with van der Waals surface area (Å²) in [7, 11) is 0. The molecular weight excluding hydrogens is 158 g/mol. The number of rotatable bonds is 5. The molecule has 0 rings (SSSR count). The van der Waals surface area contributed by atoms with Gasteiger partial charge >= 0.3 is 0 Å². The molecule has 0 aromatic rings. The first-order valence-corrected chi connectivity index (χ1v) is 4.96. The van der Waals surface area contributed by atoms with Crippen LogP contribution in [0, 0.1) is 5.41 Å². The van der Waals surface area contributed by atoms with Crippen molar-refractivity contribution in [3.05, 3.63) is 24.9 Å². The van der Waals surface area contributed by atoms with E-state index in [0.717, 1.165) is 18.6 Å². The van der Waals surface area contributed by atoms with Gasteiger partial charge in [0.05, 0.1) is 0 Å². The zero-order valence-corrected chi connectivity index (χ0v) is 9.30. The largest absolute Gasteiger partial charge is 0.261 e. The van der Waals surface area contributed by atoms with Crippen molar-refractivity contribution in [2.24, 2.45) is 10.4 Å². The van der Waals surface area contributed by atoms with E-state index in [1.54, 1.807) is 6.20 Å². The van der Waals surface area contributed by atoms with E-state index >= 15 is 0 Å². The minimum Gasteiger partial charge on any atom is -0.261 e. The summed E-state index contributed by atoms with van der Waals surface area (Å²) in [6, 6.07) is 0. The molecule has 13 heavy (non-hydrogen) atoms. The van der Waals surface area contributed by atoms with Crippen LogP contribution >= 0.6 is 0 Å². The van der Waals surface area contributed by atoms with E-state index < -0.39 is 0 Å². The Morgan fingerprint density at radius 2 is 1.92 bits per heavy atom. The molecule has 0 aliphatic rings. The summed E-state index contributed by atoms with van der Waals surface area (Å²) in [5.74, 6) is 0. The maximum absolute atomic E-state index is 4.32. The fourth-order valence-electron chi connectivity index (χ4n) is 1.27. The van der Waals surface area contributed by atoms with Gasteiger partial charge in [-0.05, 0) is 25.8 Å². The number of hydrogen-bond acceptors (Lipinski definition) is 1. The quantitative estimate of drug-likeness (QED) is 0.566. The molecular formula is C12H21N. The van der Waals surface area contributed by atoms with Gasteiger partial charge in [0, 0.05) is 17.3 Å². The predicted octanol–water partition coefficient (Wildman–Crippen LogP) is 3.97. The third kappa shape index (κ3) is 3.17. The normalized spacial score (nSPS) is 13.7. The molecule has 1 heteroatoms. The smallest absolute Gasteiger partial charge is 0.0458 e. The van der Waals surface area contributed by atoms with Crippen LogP contribution < -0.4 is 0 Å². The fourth-order valence-corrected chi connectivity index (χ4v) is 1.27. The topological polar surface area (TPSA) is 12.4 Å². The monoisotopic (exact) mass is 179 g/mol. The Hall–Kier alpha value is -0.850. The molecule has 0 aromatic carbocycles. The van der Waals surface area contributed by atoms with Gasteiger partial charge in [-0.2, -0.15) is 0 Å². The van der Waals surface area contributed by atoms with Crippen LogP contribution in [-0.2, 0) is 0 Å². The van der Waals surface area contributed by atoms with Crippen molar-refractivity contribution in [2.45, 2.75) is 40.5 Å². The van der Waals surface area contributed by atoms with E-state index in [4.69, 9.17) is 0 Å². The van der Waals surface area contributed by atoms with Gasteiger partial charge in [-0.1, -0.05) is 33.4 Å². The molecule has 0 aliphatic heterocycles. The lowest BCUT2D eigenvalue weighted by Crippen LogP contribution is -2.24. The fraction of sp³-hybridized carbons (Fsp3) is 0.583. The van der Waals surface area contributed by atoms with Gasteiger partial charge < -0.3 is 0 Å². The Balaban J connectivity index is 4.90. The summed E-state index contributed by atoms with van der Waals surface area (Å²) in [6.07, 6.45) is 7.96. The van der Waals surface area contributed by atoms with Crippen molar-refractivity contribution in [1.29, 1.82) is 0 Å². The molecule has 0 amide bonds. The average Bonchev–Trinajstić information content (AvgIpc) is 2.16. The van der Waals surface area contributed by atoms with Crippen molar-refractivity contribution in [2.75, 3.05) is 0 Å². The van der Waals surface area contributed by atoms with Gasteiger partial charge in [-0.15, -0.1) is 0 Å². The number of hydrogen-bond donors (Lipinski definition) is 0. The van der Waals surface area contributed by atoms with Crippen LogP contribution in [-0.4, -0.2) is 5.71 Å². The summed E-state index contributed by atoms with van der Waals surface area (Å²) in [5.41, 5.74) is 1.33. The Labute approximate surface area is 82.3 Å². The van der Waals surface area contributed by atoms with Crippen LogP contribution in [0.15, 0.2) is 29.9 Å². The maximum atomic E-state index is 4.32. The van der Waals surface area contributed by atoms with Crippen LogP contribution in [0.2, 0.25) is 0 Å². The summed E-state index contributed by atoms with van der Waals surface area (Å²) in [6.45, 7) is 12.3. The van der Waals surface area contributed by atoms with Gasteiger partial charge in [-0.25, -0.2) is 0 Å². The first kappa shape index (κ1) is 12.2. The van der Waals surface area contributed by atoms with E-state index in [-0.39, 0.29) is 5.41 Å². The van der Waals surface area contributed by atoms with Crippen LogP contribution in [0.4, 0.5) is 0 Å². The van der Waals surface area contributed by atoms with Crippen molar-refractivity contribution in [1.82, 2.24) is 0 Å².